The quantitative estimate of drug-likeness (QED) is 0.176. The zero-order valence-electron chi connectivity index (χ0n) is 19.4. The number of fused-ring (bicyclic) bond motifs is 2. The van der Waals surface area contributed by atoms with Crippen LogP contribution < -0.4 is 10.5 Å². The maximum absolute atomic E-state index is 13.2. The summed E-state index contributed by atoms with van der Waals surface area (Å²) < 4.78 is 31.0. The van der Waals surface area contributed by atoms with Crippen molar-refractivity contribution in [2.75, 3.05) is 4.72 Å². The smallest absolute Gasteiger partial charge is 0.264 e. The highest BCUT2D eigenvalue weighted by Gasteiger charge is 2.20. The van der Waals surface area contributed by atoms with Crippen molar-refractivity contribution in [3.8, 4) is 0 Å². The standard InChI is InChI=1S/C27H23N5O3S/c1-32-16-22(24(33)14-17-7-9-19(10-8-17)27(28)29)21-15-20(11-12-23(21)32)31-36(34,35)25-6-2-4-18-5-3-13-30-26(18)25/h2-13,15-16,31H,14H2,1H3,(H3,28,29). The van der Waals surface area contributed by atoms with Crippen LogP contribution in [0.25, 0.3) is 21.8 Å². The number of hydrogen-bond acceptors (Lipinski definition) is 5. The number of nitrogen functional groups attached to an aromatic ring is 1. The van der Waals surface area contributed by atoms with E-state index in [0.29, 0.717) is 27.7 Å². The van der Waals surface area contributed by atoms with Gasteiger partial charge in [-0.3, -0.25) is 19.9 Å². The van der Waals surface area contributed by atoms with Gasteiger partial charge in [0.1, 0.15) is 10.7 Å². The molecule has 0 saturated carbocycles. The van der Waals surface area contributed by atoms with E-state index < -0.39 is 10.0 Å². The van der Waals surface area contributed by atoms with Crippen molar-refractivity contribution in [3.63, 3.8) is 0 Å². The summed E-state index contributed by atoms with van der Waals surface area (Å²) in [5.41, 5.74) is 8.93. The minimum Gasteiger partial charge on any atom is -0.384 e. The van der Waals surface area contributed by atoms with E-state index in [1.54, 1.807) is 67.0 Å². The second kappa shape index (κ2) is 8.94. The van der Waals surface area contributed by atoms with E-state index in [-0.39, 0.29) is 22.9 Å². The number of ketones is 1. The van der Waals surface area contributed by atoms with Crippen LogP contribution in [-0.4, -0.2) is 29.6 Å². The zero-order chi connectivity index (χ0) is 25.4. The minimum absolute atomic E-state index is 0.0313. The van der Waals surface area contributed by atoms with Crippen molar-refractivity contribution in [1.82, 2.24) is 9.55 Å². The van der Waals surface area contributed by atoms with Crippen LogP contribution in [0.15, 0.2) is 90.1 Å². The summed E-state index contributed by atoms with van der Waals surface area (Å²) in [4.78, 5) is 17.5. The Labute approximate surface area is 208 Å². The average molecular weight is 498 g/mol. The predicted molar refractivity (Wildman–Crippen MR) is 141 cm³/mol. The summed E-state index contributed by atoms with van der Waals surface area (Å²) in [5.74, 6) is -0.134. The van der Waals surface area contributed by atoms with E-state index in [9.17, 15) is 13.2 Å². The minimum atomic E-state index is -3.93. The summed E-state index contributed by atoms with van der Waals surface area (Å²) in [6.45, 7) is 0. The Kier molecular flexibility index (Phi) is 5.77. The van der Waals surface area contributed by atoms with Gasteiger partial charge in [-0.2, -0.15) is 0 Å². The van der Waals surface area contributed by atoms with Crippen LogP contribution in [0.5, 0.6) is 0 Å². The molecule has 4 N–H and O–H groups in total. The highest BCUT2D eigenvalue weighted by molar-refractivity contribution is 7.93. The van der Waals surface area contributed by atoms with Gasteiger partial charge in [-0.15, -0.1) is 0 Å². The lowest BCUT2D eigenvalue weighted by Gasteiger charge is -2.11. The number of aromatic nitrogens is 2. The number of para-hydroxylation sites is 1. The highest BCUT2D eigenvalue weighted by atomic mass is 32.2. The molecule has 5 rings (SSSR count). The lowest BCUT2D eigenvalue weighted by atomic mass is 10.0. The Morgan fingerprint density at radius 3 is 2.56 bits per heavy atom. The fourth-order valence-electron chi connectivity index (χ4n) is 4.26. The number of carbonyl (C=O) groups excluding carboxylic acids is 1. The van der Waals surface area contributed by atoms with E-state index in [1.165, 1.54) is 6.07 Å². The van der Waals surface area contributed by atoms with Gasteiger partial charge in [-0.1, -0.05) is 42.5 Å². The zero-order valence-corrected chi connectivity index (χ0v) is 20.2. The number of Topliss-reactive ketones (excluding diaryl/α,β-unsaturated/α-hetero) is 1. The van der Waals surface area contributed by atoms with E-state index in [2.05, 4.69) is 9.71 Å². The lowest BCUT2D eigenvalue weighted by molar-refractivity contribution is 0.0994. The number of nitrogens with zero attached hydrogens (tertiary/aromatic N) is 2. The Morgan fingerprint density at radius 2 is 1.81 bits per heavy atom. The number of amidine groups is 1. The average Bonchev–Trinajstić information content (AvgIpc) is 3.19. The molecule has 2 heterocycles. The molecule has 0 aliphatic heterocycles. The molecule has 5 aromatic rings. The van der Waals surface area contributed by atoms with E-state index in [0.717, 1.165) is 16.5 Å². The number of nitrogens with one attached hydrogen (secondary N) is 2. The number of anilines is 1. The second-order valence-corrected chi connectivity index (χ2v) is 10.2. The van der Waals surface area contributed by atoms with E-state index >= 15 is 0 Å². The first kappa shape index (κ1) is 23.3. The van der Waals surface area contributed by atoms with Crippen LogP contribution in [0.4, 0.5) is 5.69 Å². The van der Waals surface area contributed by atoms with Crippen molar-refractivity contribution < 1.29 is 13.2 Å². The third-order valence-corrected chi connectivity index (χ3v) is 7.47. The maximum atomic E-state index is 13.2. The van der Waals surface area contributed by atoms with Gasteiger partial charge in [0, 0.05) is 59.0 Å². The second-order valence-electron chi connectivity index (χ2n) is 8.53. The first-order valence-corrected chi connectivity index (χ1v) is 12.6. The molecule has 3 aromatic carbocycles. The Balaban J connectivity index is 1.47. The molecule has 0 aliphatic carbocycles. The molecular weight excluding hydrogens is 474 g/mol. The van der Waals surface area contributed by atoms with Gasteiger partial charge in [0.15, 0.2) is 5.78 Å². The van der Waals surface area contributed by atoms with Crippen LogP contribution >= 0.6 is 0 Å². The molecule has 0 fully saturated rings. The van der Waals surface area contributed by atoms with Gasteiger partial charge in [0.25, 0.3) is 10.0 Å². The van der Waals surface area contributed by atoms with Gasteiger partial charge in [0.05, 0.1) is 5.52 Å². The van der Waals surface area contributed by atoms with Gasteiger partial charge in [-0.05, 0) is 35.9 Å². The van der Waals surface area contributed by atoms with Crippen molar-refractivity contribution in [2.45, 2.75) is 11.3 Å². The number of benzene rings is 3. The molecule has 36 heavy (non-hydrogen) atoms. The Bertz CT molecular complexity index is 1750. The molecule has 0 radical (unpaired) electrons. The monoisotopic (exact) mass is 497 g/mol. The third-order valence-electron chi connectivity index (χ3n) is 6.06. The molecule has 9 heteroatoms. The lowest BCUT2D eigenvalue weighted by Crippen LogP contribution is -2.13. The van der Waals surface area contributed by atoms with Crippen LogP contribution in [0.3, 0.4) is 0 Å². The predicted octanol–water partition coefficient (Wildman–Crippen LogP) is 4.24. The molecular formula is C27H23N5O3S. The number of hydrogen-bond donors (Lipinski definition) is 3. The molecule has 0 amide bonds. The topological polar surface area (TPSA) is 131 Å². The van der Waals surface area contributed by atoms with Crippen molar-refractivity contribution in [2.24, 2.45) is 12.8 Å². The summed E-state index contributed by atoms with van der Waals surface area (Å²) in [7, 11) is -2.09. The molecule has 8 nitrogen and oxygen atoms in total. The summed E-state index contributed by atoms with van der Waals surface area (Å²) >= 11 is 0. The molecule has 2 aromatic heterocycles. The number of aryl methyl sites for hydroxylation is 1. The van der Waals surface area contributed by atoms with Crippen LogP contribution in [0.1, 0.15) is 21.5 Å². The van der Waals surface area contributed by atoms with Gasteiger partial charge < -0.3 is 10.3 Å². The fourth-order valence-corrected chi connectivity index (χ4v) is 5.49. The summed E-state index contributed by atoms with van der Waals surface area (Å²) in [6.07, 6.45) is 3.47. The molecule has 0 spiro atoms. The number of sulfonamides is 1. The Hall–Kier alpha value is -4.50. The summed E-state index contributed by atoms with van der Waals surface area (Å²) in [6, 6.07) is 20.7. The molecule has 0 bridgehead atoms. The highest BCUT2D eigenvalue weighted by Crippen LogP contribution is 2.28. The van der Waals surface area contributed by atoms with Crippen molar-refractivity contribution >= 4 is 49.1 Å². The Morgan fingerprint density at radius 1 is 1.06 bits per heavy atom. The van der Waals surface area contributed by atoms with Gasteiger partial charge >= 0.3 is 0 Å². The summed E-state index contributed by atoms with van der Waals surface area (Å²) in [5, 5.41) is 8.88. The normalized spacial score (nSPS) is 11.6. The first-order chi connectivity index (χ1) is 17.2. The SMILES string of the molecule is Cn1cc(C(=O)Cc2ccc(C(=N)N)cc2)c2cc(NS(=O)(=O)c3cccc4cccnc34)ccc21. The molecule has 0 atom stereocenters. The number of pyridine rings is 1. The van der Waals surface area contributed by atoms with Crippen molar-refractivity contribution in [3.05, 3.63) is 102 Å². The molecule has 0 saturated heterocycles. The van der Waals surface area contributed by atoms with Crippen molar-refractivity contribution in [1.29, 1.82) is 5.41 Å². The molecule has 180 valence electrons. The molecule has 0 aliphatic rings. The van der Waals surface area contributed by atoms with E-state index in [4.69, 9.17) is 11.1 Å². The maximum Gasteiger partial charge on any atom is 0.264 e. The number of carbonyl (C=O) groups is 1. The fraction of sp³-hybridized carbons (Fsp3) is 0.0741. The van der Waals surface area contributed by atoms with Gasteiger partial charge in [-0.25, -0.2) is 8.42 Å². The first-order valence-electron chi connectivity index (χ1n) is 11.1. The number of nitrogens with two attached hydrogens (primary N) is 1. The largest absolute Gasteiger partial charge is 0.384 e. The van der Waals surface area contributed by atoms with Crippen LogP contribution in [0.2, 0.25) is 0 Å². The van der Waals surface area contributed by atoms with E-state index in [1.807, 2.05) is 23.7 Å². The third kappa shape index (κ3) is 4.32. The van der Waals surface area contributed by atoms with Gasteiger partial charge in [0.2, 0.25) is 0 Å². The number of rotatable bonds is 7. The van der Waals surface area contributed by atoms with Crippen LogP contribution in [0, 0.1) is 5.41 Å². The molecule has 0 unspecified atom stereocenters. The van der Waals surface area contributed by atoms with Crippen LogP contribution in [-0.2, 0) is 23.5 Å².